The standard InChI is InChI=1S/C17H21N3O3/c21-12-15-9-19(6-7-23-13-15)17(22)16-8-18-20(11-16)10-14-4-2-1-3-5-14/h1-5,8,11,15,21H,6-7,9-10,12-13H2/t15-/m0/s1. The molecule has 2 heterocycles. The van der Waals surface area contributed by atoms with Gasteiger partial charge >= 0.3 is 0 Å². The number of aliphatic hydroxyl groups excluding tert-OH is 1. The van der Waals surface area contributed by atoms with Crippen LogP contribution in [0, 0.1) is 5.92 Å². The highest BCUT2D eigenvalue weighted by Gasteiger charge is 2.23. The molecule has 1 amide bonds. The minimum Gasteiger partial charge on any atom is -0.396 e. The van der Waals surface area contributed by atoms with Crippen molar-refractivity contribution >= 4 is 5.91 Å². The van der Waals surface area contributed by atoms with Crippen LogP contribution >= 0.6 is 0 Å². The lowest BCUT2D eigenvalue weighted by Gasteiger charge is -2.21. The monoisotopic (exact) mass is 315 g/mol. The molecule has 1 aromatic carbocycles. The number of ether oxygens (including phenoxy) is 1. The molecule has 1 aliphatic rings. The van der Waals surface area contributed by atoms with Gasteiger partial charge in [-0.25, -0.2) is 0 Å². The van der Waals surface area contributed by atoms with Gasteiger partial charge in [-0.1, -0.05) is 30.3 Å². The average Bonchev–Trinajstić information content (AvgIpc) is 2.91. The number of carbonyl (C=O) groups excluding carboxylic acids is 1. The molecule has 1 atom stereocenters. The van der Waals surface area contributed by atoms with Gasteiger partial charge < -0.3 is 14.7 Å². The number of nitrogens with zero attached hydrogens (tertiary/aromatic N) is 3. The van der Waals surface area contributed by atoms with Crippen LogP contribution < -0.4 is 0 Å². The number of benzene rings is 1. The Balaban J connectivity index is 1.68. The molecule has 6 nitrogen and oxygen atoms in total. The lowest BCUT2D eigenvalue weighted by Crippen LogP contribution is -2.36. The van der Waals surface area contributed by atoms with Gasteiger partial charge in [-0.15, -0.1) is 0 Å². The quantitative estimate of drug-likeness (QED) is 0.914. The van der Waals surface area contributed by atoms with Crippen LogP contribution in [0.2, 0.25) is 0 Å². The molecule has 1 fully saturated rings. The third-order valence-corrected chi connectivity index (χ3v) is 3.95. The number of carbonyl (C=O) groups is 1. The van der Waals surface area contributed by atoms with Gasteiger partial charge in [-0.2, -0.15) is 5.10 Å². The summed E-state index contributed by atoms with van der Waals surface area (Å²) < 4.78 is 7.19. The molecule has 1 saturated heterocycles. The summed E-state index contributed by atoms with van der Waals surface area (Å²) in [7, 11) is 0. The zero-order valence-corrected chi connectivity index (χ0v) is 13.0. The maximum Gasteiger partial charge on any atom is 0.257 e. The van der Waals surface area contributed by atoms with E-state index in [4.69, 9.17) is 4.74 Å². The molecule has 23 heavy (non-hydrogen) atoms. The van der Waals surface area contributed by atoms with Crippen LogP contribution in [0.1, 0.15) is 15.9 Å². The summed E-state index contributed by atoms with van der Waals surface area (Å²) >= 11 is 0. The molecule has 6 heteroatoms. The molecule has 0 radical (unpaired) electrons. The average molecular weight is 315 g/mol. The van der Waals surface area contributed by atoms with Gasteiger partial charge in [0, 0.05) is 31.8 Å². The van der Waals surface area contributed by atoms with Crippen molar-refractivity contribution in [1.29, 1.82) is 0 Å². The zero-order valence-electron chi connectivity index (χ0n) is 13.0. The van der Waals surface area contributed by atoms with Crippen LogP contribution in [-0.2, 0) is 11.3 Å². The predicted octanol–water partition coefficient (Wildman–Crippen LogP) is 1.01. The molecule has 1 aromatic heterocycles. The Morgan fingerprint density at radius 2 is 2.17 bits per heavy atom. The van der Waals surface area contributed by atoms with Gasteiger partial charge in [0.15, 0.2) is 0 Å². The second kappa shape index (κ2) is 7.39. The second-order valence-corrected chi connectivity index (χ2v) is 5.79. The SMILES string of the molecule is O=C(c1cnn(Cc2ccccc2)c1)N1CCOC[C@H](CO)C1. The number of amides is 1. The van der Waals surface area contributed by atoms with E-state index in [1.807, 2.05) is 30.3 Å². The van der Waals surface area contributed by atoms with E-state index in [1.54, 1.807) is 22.0 Å². The summed E-state index contributed by atoms with van der Waals surface area (Å²) in [6.07, 6.45) is 3.38. The molecule has 1 aliphatic heterocycles. The van der Waals surface area contributed by atoms with Crippen LogP contribution in [0.15, 0.2) is 42.7 Å². The normalized spacial score (nSPS) is 18.7. The zero-order chi connectivity index (χ0) is 16.1. The first-order valence-electron chi connectivity index (χ1n) is 7.80. The lowest BCUT2D eigenvalue weighted by atomic mass is 10.1. The Morgan fingerprint density at radius 1 is 1.35 bits per heavy atom. The van der Waals surface area contributed by atoms with Crippen LogP contribution in [0.25, 0.3) is 0 Å². The highest BCUT2D eigenvalue weighted by Crippen LogP contribution is 2.12. The smallest absolute Gasteiger partial charge is 0.257 e. The molecule has 0 unspecified atom stereocenters. The highest BCUT2D eigenvalue weighted by atomic mass is 16.5. The van der Waals surface area contributed by atoms with Gasteiger partial charge in [0.2, 0.25) is 0 Å². The van der Waals surface area contributed by atoms with E-state index in [0.717, 1.165) is 5.56 Å². The maximum atomic E-state index is 12.6. The largest absolute Gasteiger partial charge is 0.396 e. The Morgan fingerprint density at radius 3 is 2.96 bits per heavy atom. The van der Waals surface area contributed by atoms with E-state index in [1.165, 1.54) is 0 Å². The number of aliphatic hydroxyl groups is 1. The summed E-state index contributed by atoms with van der Waals surface area (Å²) in [5.41, 5.74) is 1.71. The van der Waals surface area contributed by atoms with Crippen LogP contribution in [0.4, 0.5) is 0 Å². The van der Waals surface area contributed by atoms with Crippen molar-refractivity contribution in [3.63, 3.8) is 0 Å². The topological polar surface area (TPSA) is 67.6 Å². The van der Waals surface area contributed by atoms with Crippen LogP contribution in [-0.4, -0.2) is 58.6 Å². The lowest BCUT2D eigenvalue weighted by molar-refractivity contribution is 0.0728. The summed E-state index contributed by atoms with van der Waals surface area (Å²) in [5, 5.41) is 13.6. The fourth-order valence-corrected chi connectivity index (χ4v) is 2.69. The molecule has 0 saturated carbocycles. The third kappa shape index (κ3) is 3.97. The molecular weight excluding hydrogens is 294 g/mol. The summed E-state index contributed by atoms with van der Waals surface area (Å²) in [6, 6.07) is 10.00. The van der Waals surface area contributed by atoms with Crippen LogP contribution in [0.3, 0.4) is 0 Å². The number of aromatic nitrogens is 2. The van der Waals surface area contributed by atoms with Gasteiger partial charge in [-0.05, 0) is 5.56 Å². The highest BCUT2D eigenvalue weighted by molar-refractivity contribution is 5.93. The predicted molar refractivity (Wildman–Crippen MR) is 85.1 cm³/mol. The van der Waals surface area contributed by atoms with Gasteiger partial charge in [0.25, 0.3) is 5.91 Å². The van der Waals surface area contributed by atoms with Crippen molar-refractivity contribution in [2.45, 2.75) is 6.54 Å². The second-order valence-electron chi connectivity index (χ2n) is 5.79. The summed E-state index contributed by atoms with van der Waals surface area (Å²) in [4.78, 5) is 14.3. The maximum absolute atomic E-state index is 12.6. The summed E-state index contributed by atoms with van der Waals surface area (Å²) in [5.74, 6) is -0.0888. The Hall–Kier alpha value is -2.18. The first kappa shape index (κ1) is 15.7. The minimum atomic E-state index is -0.0618. The van der Waals surface area contributed by atoms with Crippen molar-refractivity contribution in [2.24, 2.45) is 5.92 Å². The molecule has 2 aromatic rings. The van der Waals surface area contributed by atoms with E-state index in [0.29, 0.717) is 38.4 Å². The number of hydrogen-bond donors (Lipinski definition) is 1. The van der Waals surface area contributed by atoms with Crippen molar-refractivity contribution in [1.82, 2.24) is 14.7 Å². The van der Waals surface area contributed by atoms with Gasteiger partial charge in [0.1, 0.15) is 0 Å². The van der Waals surface area contributed by atoms with Gasteiger partial charge in [-0.3, -0.25) is 9.48 Å². The van der Waals surface area contributed by atoms with Crippen molar-refractivity contribution in [3.05, 3.63) is 53.9 Å². The van der Waals surface area contributed by atoms with E-state index >= 15 is 0 Å². The third-order valence-electron chi connectivity index (χ3n) is 3.95. The number of hydrogen-bond acceptors (Lipinski definition) is 4. The first-order chi connectivity index (χ1) is 11.3. The first-order valence-corrected chi connectivity index (χ1v) is 7.80. The van der Waals surface area contributed by atoms with E-state index in [-0.39, 0.29) is 18.4 Å². The molecule has 0 aliphatic carbocycles. The summed E-state index contributed by atoms with van der Waals surface area (Å²) in [6.45, 7) is 2.71. The molecule has 1 N–H and O–H groups in total. The van der Waals surface area contributed by atoms with Crippen molar-refractivity contribution < 1.29 is 14.6 Å². The Bertz CT molecular complexity index is 642. The Labute approximate surface area is 135 Å². The van der Waals surface area contributed by atoms with E-state index < -0.39 is 0 Å². The van der Waals surface area contributed by atoms with E-state index in [2.05, 4.69) is 5.10 Å². The van der Waals surface area contributed by atoms with Gasteiger partial charge in [0.05, 0.1) is 31.5 Å². The molecule has 3 rings (SSSR count). The number of rotatable bonds is 4. The molecule has 0 spiro atoms. The van der Waals surface area contributed by atoms with E-state index in [9.17, 15) is 9.90 Å². The van der Waals surface area contributed by atoms with Crippen molar-refractivity contribution in [2.75, 3.05) is 32.9 Å². The minimum absolute atomic E-state index is 0.0249. The fraction of sp³-hybridized carbons (Fsp3) is 0.412. The van der Waals surface area contributed by atoms with Crippen LogP contribution in [0.5, 0.6) is 0 Å². The molecular formula is C17H21N3O3. The Kier molecular flexibility index (Phi) is 5.05. The fourth-order valence-electron chi connectivity index (χ4n) is 2.69. The van der Waals surface area contributed by atoms with Crippen molar-refractivity contribution in [3.8, 4) is 0 Å². The molecule has 0 bridgehead atoms. The molecule has 122 valence electrons.